The van der Waals surface area contributed by atoms with Crippen LogP contribution in [0.5, 0.6) is 0 Å². The fourth-order valence-corrected chi connectivity index (χ4v) is 4.78. The number of nitrogens with zero attached hydrogens (tertiary/aromatic N) is 4. The van der Waals surface area contributed by atoms with Gasteiger partial charge in [0.05, 0.1) is 28.4 Å². The topological polar surface area (TPSA) is 49.7 Å². The van der Waals surface area contributed by atoms with Crippen LogP contribution in [-0.2, 0) is 6.54 Å². The van der Waals surface area contributed by atoms with Crippen LogP contribution in [0.2, 0.25) is 0 Å². The first-order valence-electron chi connectivity index (χ1n) is 11.4. The zero-order valence-corrected chi connectivity index (χ0v) is 18.4. The Bertz CT molecular complexity index is 1200. The SMILES string of the molecule is Cc1c(F)ccc2[nH]c(-c3ccc4c(c3)ncn4CCCCC3CCN(C)CC3)nc12. The molecule has 1 aliphatic rings. The fraction of sp³-hybridized carbons (Fsp3) is 0.440. The number of aryl methyl sites for hydroxylation is 2. The number of H-pyrrole nitrogens is 1. The molecule has 0 aliphatic carbocycles. The van der Waals surface area contributed by atoms with Gasteiger partial charge >= 0.3 is 0 Å². The van der Waals surface area contributed by atoms with E-state index in [9.17, 15) is 4.39 Å². The highest BCUT2D eigenvalue weighted by molar-refractivity contribution is 5.85. The van der Waals surface area contributed by atoms with Crippen LogP contribution in [0.3, 0.4) is 0 Å². The van der Waals surface area contributed by atoms with Crippen molar-refractivity contribution < 1.29 is 4.39 Å². The smallest absolute Gasteiger partial charge is 0.138 e. The highest BCUT2D eigenvalue weighted by Crippen LogP contribution is 2.27. The summed E-state index contributed by atoms with van der Waals surface area (Å²) in [5, 5.41) is 0. The third-order valence-corrected chi connectivity index (χ3v) is 6.84. The molecule has 0 unspecified atom stereocenters. The normalized spacial score (nSPS) is 16.0. The number of nitrogens with one attached hydrogen (secondary N) is 1. The summed E-state index contributed by atoms with van der Waals surface area (Å²) < 4.78 is 16.1. The first-order valence-corrected chi connectivity index (χ1v) is 11.4. The molecule has 5 nitrogen and oxygen atoms in total. The number of rotatable bonds is 6. The molecule has 162 valence electrons. The minimum absolute atomic E-state index is 0.226. The van der Waals surface area contributed by atoms with E-state index in [1.807, 2.05) is 6.33 Å². The van der Waals surface area contributed by atoms with Crippen molar-refractivity contribution in [1.29, 1.82) is 0 Å². The van der Waals surface area contributed by atoms with Gasteiger partial charge in [-0.2, -0.15) is 0 Å². The minimum Gasteiger partial charge on any atom is -0.338 e. The van der Waals surface area contributed by atoms with Crippen molar-refractivity contribution >= 4 is 22.1 Å². The van der Waals surface area contributed by atoms with Gasteiger partial charge in [-0.25, -0.2) is 14.4 Å². The summed E-state index contributed by atoms with van der Waals surface area (Å²) >= 11 is 0. The number of benzene rings is 2. The van der Waals surface area contributed by atoms with Crippen molar-refractivity contribution in [2.24, 2.45) is 5.92 Å². The molecule has 1 saturated heterocycles. The molecule has 0 saturated carbocycles. The number of halogens is 1. The number of unbranched alkanes of at least 4 members (excludes halogenated alkanes) is 1. The van der Waals surface area contributed by atoms with Crippen LogP contribution in [0.25, 0.3) is 33.5 Å². The molecule has 4 aromatic rings. The molecular formula is C25H30FN5. The summed E-state index contributed by atoms with van der Waals surface area (Å²) in [6, 6.07) is 9.48. The van der Waals surface area contributed by atoms with Crippen LogP contribution in [-0.4, -0.2) is 44.6 Å². The van der Waals surface area contributed by atoms with Crippen molar-refractivity contribution in [1.82, 2.24) is 24.4 Å². The summed E-state index contributed by atoms with van der Waals surface area (Å²) in [6.07, 6.45) is 8.45. The Balaban J connectivity index is 1.26. The maximum atomic E-state index is 13.9. The number of fused-ring (bicyclic) bond motifs is 2. The first-order chi connectivity index (χ1) is 15.1. The van der Waals surface area contributed by atoms with E-state index in [0.717, 1.165) is 40.4 Å². The monoisotopic (exact) mass is 419 g/mol. The van der Waals surface area contributed by atoms with Gasteiger partial charge in [-0.05, 0) is 82.6 Å². The minimum atomic E-state index is -0.226. The van der Waals surface area contributed by atoms with Crippen molar-refractivity contribution in [3.05, 3.63) is 48.0 Å². The lowest BCUT2D eigenvalue weighted by atomic mass is 9.92. The van der Waals surface area contributed by atoms with Crippen molar-refractivity contribution in [2.75, 3.05) is 20.1 Å². The number of piperidine rings is 1. The summed E-state index contributed by atoms with van der Waals surface area (Å²) in [4.78, 5) is 15.0. The Morgan fingerprint density at radius 2 is 1.97 bits per heavy atom. The lowest BCUT2D eigenvalue weighted by molar-refractivity contribution is 0.209. The summed E-state index contributed by atoms with van der Waals surface area (Å²) in [5.41, 5.74) is 5.20. The van der Waals surface area contributed by atoms with E-state index in [1.54, 1.807) is 13.0 Å². The number of aromatic nitrogens is 4. The Morgan fingerprint density at radius 3 is 2.81 bits per heavy atom. The zero-order chi connectivity index (χ0) is 21.4. The molecule has 0 spiro atoms. The highest BCUT2D eigenvalue weighted by atomic mass is 19.1. The predicted molar refractivity (Wildman–Crippen MR) is 124 cm³/mol. The second kappa shape index (κ2) is 8.42. The van der Waals surface area contributed by atoms with Gasteiger partial charge in [0.1, 0.15) is 11.6 Å². The lowest BCUT2D eigenvalue weighted by Gasteiger charge is -2.28. The molecule has 2 aromatic heterocycles. The van der Waals surface area contributed by atoms with Gasteiger partial charge in [0.2, 0.25) is 0 Å². The molecule has 1 aliphatic heterocycles. The molecule has 0 amide bonds. The van der Waals surface area contributed by atoms with Crippen LogP contribution in [0, 0.1) is 18.7 Å². The van der Waals surface area contributed by atoms with Gasteiger partial charge in [-0.3, -0.25) is 0 Å². The second-order valence-corrected chi connectivity index (χ2v) is 9.04. The largest absolute Gasteiger partial charge is 0.338 e. The van der Waals surface area contributed by atoms with Gasteiger partial charge in [-0.1, -0.05) is 12.8 Å². The number of imidazole rings is 2. The Hall–Kier alpha value is -2.73. The maximum Gasteiger partial charge on any atom is 0.138 e. The average Bonchev–Trinajstić information content (AvgIpc) is 3.39. The molecule has 1 fully saturated rings. The van der Waals surface area contributed by atoms with Gasteiger partial charge in [0.25, 0.3) is 0 Å². The van der Waals surface area contributed by atoms with E-state index in [0.29, 0.717) is 11.1 Å². The number of hydrogen-bond donors (Lipinski definition) is 1. The second-order valence-electron chi connectivity index (χ2n) is 9.04. The molecule has 31 heavy (non-hydrogen) atoms. The number of aromatic amines is 1. The average molecular weight is 420 g/mol. The van der Waals surface area contributed by atoms with Gasteiger partial charge in [-0.15, -0.1) is 0 Å². The molecule has 2 aromatic carbocycles. The fourth-order valence-electron chi connectivity index (χ4n) is 4.78. The van der Waals surface area contributed by atoms with Crippen molar-refractivity contribution in [3.8, 4) is 11.4 Å². The lowest BCUT2D eigenvalue weighted by Crippen LogP contribution is -2.30. The van der Waals surface area contributed by atoms with E-state index < -0.39 is 0 Å². The molecule has 6 heteroatoms. The molecule has 5 rings (SSSR count). The van der Waals surface area contributed by atoms with Crippen molar-refractivity contribution in [3.63, 3.8) is 0 Å². The van der Waals surface area contributed by atoms with E-state index in [4.69, 9.17) is 0 Å². The number of likely N-dealkylation sites (tertiary alicyclic amines) is 1. The van der Waals surface area contributed by atoms with E-state index in [1.165, 1.54) is 51.3 Å². The Labute approximate surface area is 182 Å². The van der Waals surface area contributed by atoms with Crippen LogP contribution in [0.1, 0.15) is 37.7 Å². The van der Waals surface area contributed by atoms with E-state index in [-0.39, 0.29) is 5.82 Å². The standard InChI is InChI=1S/C25H30FN5/c1-17-20(26)7-8-21-24(17)29-25(28-21)19-6-9-23-22(15-19)27-16-31(23)12-4-3-5-18-10-13-30(2)14-11-18/h6-9,15-16,18H,3-5,10-14H2,1-2H3,(H,28,29). The summed E-state index contributed by atoms with van der Waals surface area (Å²) in [5.74, 6) is 1.42. The van der Waals surface area contributed by atoms with E-state index >= 15 is 0 Å². The first kappa shape index (κ1) is 20.2. The quantitative estimate of drug-likeness (QED) is 0.418. The summed E-state index contributed by atoms with van der Waals surface area (Å²) in [7, 11) is 2.22. The highest BCUT2D eigenvalue weighted by Gasteiger charge is 2.16. The van der Waals surface area contributed by atoms with Gasteiger partial charge in [0, 0.05) is 17.7 Å². The van der Waals surface area contributed by atoms with Gasteiger partial charge in [0.15, 0.2) is 0 Å². The Kier molecular flexibility index (Phi) is 5.48. The van der Waals surface area contributed by atoms with Crippen LogP contribution >= 0.6 is 0 Å². The zero-order valence-electron chi connectivity index (χ0n) is 18.4. The van der Waals surface area contributed by atoms with Crippen LogP contribution < -0.4 is 0 Å². The molecule has 3 heterocycles. The Morgan fingerprint density at radius 1 is 1.13 bits per heavy atom. The molecule has 1 N–H and O–H groups in total. The molecule has 0 radical (unpaired) electrons. The van der Waals surface area contributed by atoms with Gasteiger partial charge < -0.3 is 14.5 Å². The third-order valence-electron chi connectivity index (χ3n) is 6.84. The summed E-state index contributed by atoms with van der Waals surface area (Å²) in [6.45, 7) is 5.27. The van der Waals surface area contributed by atoms with Crippen LogP contribution in [0.4, 0.5) is 4.39 Å². The molecular weight excluding hydrogens is 389 g/mol. The van der Waals surface area contributed by atoms with E-state index in [2.05, 4.69) is 49.7 Å². The third kappa shape index (κ3) is 4.09. The molecule has 0 bridgehead atoms. The number of hydrogen-bond acceptors (Lipinski definition) is 3. The van der Waals surface area contributed by atoms with Crippen LogP contribution in [0.15, 0.2) is 36.7 Å². The van der Waals surface area contributed by atoms with Crippen molar-refractivity contribution in [2.45, 2.75) is 45.6 Å². The maximum absolute atomic E-state index is 13.9. The predicted octanol–water partition coefficient (Wildman–Crippen LogP) is 5.54. The molecule has 0 atom stereocenters.